The number of hydrogen-bond donors (Lipinski definition) is 1. The van der Waals surface area contributed by atoms with Crippen LogP contribution in [0.4, 0.5) is 13.2 Å². The third-order valence-corrected chi connectivity index (χ3v) is 5.57. The highest BCUT2D eigenvalue weighted by atomic mass is 32.1. The Labute approximate surface area is 171 Å². The van der Waals surface area contributed by atoms with Gasteiger partial charge in [-0.2, -0.15) is 13.2 Å². The molecule has 1 unspecified atom stereocenters. The summed E-state index contributed by atoms with van der Waals surface area (Å²) in [6.07, 6.45) is -3.13. The maximum absolute atomic E-state index is 13.2. The van der Waals surface area contributed by atoms with E-state index < -0.39 is 34.2 Å². The minimum absolute atomic E-state index is 0.131. The lowest BCUT2D eigenvalue weighted by Gasteiger charge is -2.26. The van der Waals surface area contributed by atoms with Gasteiger partial charge in [-0.1, -0.05) is 47.7 Å². The highest BCUT2D eigenvalue weighted by Gasteiger charge is 2.37. The van der Waals surface area contributed by atoms with Crippen molar-refractivity contribution in [3.63, 3.8) is 0 Å². The van der Waals surface area contributed by atoms with Gasteiger partial charge < -0.3 is 5.73 Å². The topological polar surface area (TPSA) is 82.2 Å². The Bertz CT molecular complexity index is 1250. The number of aromatic nitrogens is 1. The molecule has 2 N–H and O–H groups in total. The quantitative estimate of drug-likeness (QED) is 0.685. The molecule has 1 heterocycles. The third kappa shape index (κ3) is 3.17. The fraction of sp³-hybridized carbons (Fsp3) is 0.0952. The molecule has 1 aliphatic rings. The number of hydrogen-bond acceptors (Lipinski definition) is 5. The van der Waals surface area contributed by atoms with Crippen molar-refractivity contribution in [3.8, 4) is 0 Å². The molecule has 0 fully saturated rings. The van der Waals surface area contributed by atoms with E-state index in [9.17, 15) is 27.6 Å². The Morgan fingerprint density at radius 2 is 1.50 bits per heavy atom. The number of ketones is 2. The summed E-state index contributed by atoms with van der Waals surface area (Å²) in [5.74, 6) is -1.12. The monoisotopic (exact) mass is 430 g/mol. The largest absolute Gasteiger partial charge is 0.416 e. The Hall–Kier alpha value is -3.46. The average molecular weight is 430 g/mol. The van der Waals surface area contributed by atoms with Crippen molar-refractivity contribution in [1.29, 1.82) is 0 Å². The summed E-state index contributed by atoms with van der Waals surface area (Å²) in [4.78, 5) is 38.0. The molecule has 1 aliphatic carbocycles. The molecule has 0 saturated heterocycles. The molecule has 0 spiro atoms. The number of halogens is 3. The van der Waals surface area contributed by atoms with Crippen molar-refractivity contribution >= 4 is 22.9 Å². The molecular weight excluding hydrogens is 417 g/mol. The third-order valence-electron chi connectivity index (χ3n) is 4.90. The molecule has 9 heteroatoms. The molecule has 30 heavy (non-hydrogen) atoms. The van der Waals surface area contributed by atoms with E-state index in [1.54, 1.807) is 12.1 Å². The number of benzene rings is 2. The van der Waals surface area contributed by atoms with E-state index in [0.717, 1.165) is 23.5 Å². The lowest BCUT2D eigenvalue weighted by Crippen LogP contribution is -2.33. The maximum Gasteiger partial charge on any atom is 0.416 e. The van der Waals surface area contributed by atoms with Crippen LogP contribution in [0.2, 0.25) is 0 Å². The molecule has 1 atom stereocenters. The van der Waals surface area contributed by atoms with Crippen molar-refractivity contribution in [2.24, 2.45) is 5.73 Å². The van der Waals surface area contributed by atoms with E-state index in [0.29, 0.717) is 0 Å². The summed E-state index contributed by atoms with van der Waals surface area (Å²) in [6, 6.07) is 9.07. The second-order valence-electron chi connectivity index (χ2n) is 6.63. The van der Waals surface area contributed by atoms with Crippen LogP contribution in [0.5, 0.6) is 0 Å². The maximum atomic E-state index is 13.2. The second kappa shape index (κ2) is 7.10. The molecular formula is C21H13F3N2O3S. The van der Waals surface area contributed by atoms with Gasteiger partial charge in [-0.15, -0.1) is 0 Å². The minimum Gasteiger partial charge on any atom is -0.395 e. The standard InChI is InChI=1S/C21H13F3N2O3S/c22-21(23,24)12-7-5-11(6-8-12)17(26-9-10-30-20(26)29)15-16(25)19(28)14-4-2-1-3-13(14)18(15)27/h1-10,17H,25H2. The number of thiazole rings is 1. The van der Waals surface area contributed by atoms with Crippen LogP contribution in [0.1, 0.15) is 37.9 Å². The molecule has 0 saturated carbocycles. The van der Waals surface area contributed by atoms with Crippen LogP contribution in [-0.2, 0) is 6.18 Å². The first kappa shape index (κ1) is 19.8. The lowest BCUT2D eigenvalue weighted by molar-refractivity contribution is -0.137. The fourth-order valence-electron chi connectivity index (χ4n) is 3.47. The molecule has 0 radical (unpaired) electrons. The molecule has 4 rings (SSSR count). The van der Waals surface area contributed by atoms with Gasteiger partial charge in [0.15, 0.2) is 5.78 Å². The first-order valence-corrected chi connectivity index (χ1v) is 9.59. The van der Waals surface area contributed by atoms with Gasteiger partial charge in [0.05, 0.1) is 22.9 Å². The van der Waals surface area contributed by atoms with Crippen molar-refractivity contribution in [1.82, 2.24) is 4.57 Å². The Balaban J connectivity index is 1.93. The van der Waals surface area contributed by atoms with E-state index in [2.05, 4.69) is 0 Å². The second-order valence-corrected chi connectivity index (χ2v) is 7.49. The molecule has 0 bridgehead atoms. The number of carbonyl (C=O) groups excluding carboxylic acids is 2. The zero-order valence-electron chi connectivity index (χ0n) is 15.1. The fourth-order valence-corrected chi connectivity index (χ4v) is 4.07. The van der Waals surface area contributed by atoms with Crippen LogP contribution in [0.15, 0.2) is 76.2 Å². The Kier molecular flexibility index (Phi) is 4.70. The number of carbonyl (C=O) groups is 2. The molecule has 0 aliphatic heterocycles. The zero-order valence-corrected chi connectivity index (χ0v) is 16.0. The number of alkyl halides is 3. The number of fused-ring (bicyclic) bond motifs is 1. The summed E-state index contributed by atoms with van der Waals surface area (Å²) in [7, 11) is 0. The summed E-state index contributed by atoms with van der Waals surface area (Å²) < 4.78 is 40.1. The highest BCUT2D eigenvalue weighted by molar-refractivity contribution is 7.07. The van der Waals surface area contributed by atoms with E-state index in [1.165, 1.54) is 40.4 Å². The molecule has 5 nitrogen and oxygen atoms in total. The number of nitrogens with two attached hydrogens (primary N) is 1. The van der Waals surface area contributed by atoms with Gasteiger partial charge >= 0.3 is 11.0 Å². The van der Waals surface area contributed by atoms with Gasteiger partial charge in [-0.05, 0) is 17.7 Å². The highest BCUT2D eigenvalue weighted by Crippen LogP contribution is 2.36. The normalized spacial score (nSPS) is 15.3. The van der Waals surface area contributed by atoms with Gasteiger partial charge in [-0.25, -0.2) is 0 Å². The zero-order chi connectivity index (χ0) is 21.6. The van der Waals surface area contributed by atoms with Crippen LogP contribution in [0, 0.1) is 0 Å². The first-order valence-electron chi connectivity index (χ1n) is 8.71. The van der Waals surface area contributed by atoms with Gasteiger partial charge in [0, 0.05) is 22.7 Å². The first-order chi connectivity index (χ1) is 14.2. The van der Waals surface area contributed by atoms with E-state index in [1.807, 2.05) is 0 Å². The Morgan fingerprint density at radius 3 is 2.03 bits per heavy atom. The summed E-state index contributed by atoms with van der Waals surface area (Å²) in [5, 5.41) is 1.49. The molecule has 3 aromatic rings. The number of nitrogens with zero attached hydrogens (tertiary/aromatic N) is 1. The number of Topliss-reactive ketones (excluding diaryl/α,β-unsaturated/α-hetero) is 2. The van der Waals surface area contributed by atoms with Crippen molar-refractivity contribution < 1.29 is 22.8 Å². The van der Waals surface area contributed by atoms with Crippen molar-refractivity contribution in [2.45, 2.75) is 12.2 Å². The number of rotatable bonds is 3. The molecule has 0 amide bonds. The van der Waals surface area contributed by atoms with Gasteiger partial charge in [-0.3, -0.25) is 19.0 Å². The van der Waals surface area contributed by atoms with Gasteiger partial charge in [0.1, 0.15) is 0 Å². The van der Waals surface area contributed by atoms with Crippen molar-refractivity contribution in [2.75, 3.05) is 0 Å². The molecule has 1 aromatic heterocycles. The van der Waals surface area contributed by atoms with Gasteiger partial charge in [0.2, 0.25) is 5.78 Å². The van der Waals surface area contributed by atoms with Crippen LogP contribution in [0.25, 0.3) is 0 Å². The van der Waals surface area contributed by atoms with Crippen LogP contribution >= 0.6 is 11.3 Å². The van der Waals surface area contributed by atoms with E-state index >= 15 is 0 Å². The SMILES string of the molecule is NC1=C(C(c2ccc(C(F)(F)F)cc2)n2ccsc2=O)C(=O)c2ccccc2C1=O. The van der Waals surface area contributed by atoms with Gasteiger partial charge in [0.25, 0.3) is 0 Å². The average Bonchev–Trinajstić information content (AvgIpc) is 3.14. The predicted octanol–water partition coefficient (Wildman–Crippen LogP) is 3.81. The Morgan fingerprint density at radius 1 is 0.900 bits per heavy atom. The predicted molar refractivity (Wildman–Crippen MR) is 104 cm³/mol. The lowest BCUT2D eigenvalue weighted by atomic mass is 9.82. The molecule has 2 aromatic carbocycles. The minimum atomic E-state index is -4.54. The number of allylic oxidation sites excluding steroid dienone is 2. The van der Waals surface area contributed by atoms with Crippen LogP contribution < -0.4 is 10.6 Å². The van der Waals surface area contributed by atoms with E-state index in [-0.39, 0.29) is 28.0 Å². The summed E-state index contributed by atoms with van der Waals surface area (Å²) >= 11 is 0.855. The van der Waals surface area contributed by atoms with Crippen LogP contribution in [0.3, 0.4) is 0 Å². The molecule has 152 valence electrons. The smallest absolute Gasteiger partial charge is 0.395 e. The van der Waals surface area contributed by atoms with Crippen LogP contribution in [-0.4, -0.2) is 16.1 Å². The summed E-state index contributed by atoms with van der Waals surface area (Å²) in [5.41, 5.74) is 5.19. The van der Waals surface area contributed by atoms with E-state index in [4.69, 9.17) is 5.73 Å². The van der Waals surface area contributed by atoms with Crippen molar-refractivity contribution in [3.05, 3.63) is 103 Å². The summed E-state index contributed by atoms with van der Waals surface area (Å²) in [6.45, 7) is 0.